The van der Waals surface area contributed by atoms with E-state index in [0.29, 0.717) is 12.2 Å². The topological polar surface area (TPSA) is 74.2 Å². The third-order valence-corrected chi connectivity index (χ3v) is 2.96. The number of benzene rings is 1. The summed E-state index contributed by atoms with van der Waals surface area (Å²) < 4.78 is 6.36. The van der Waals surface area contributed by atoms with Crippen LogP contribution in [0.1, 0.15) is 20.8 Å². The first-order valence-electron chi connectivity index (χ1n) is 6.33. The molecule has 0 saturated carbocycles. The van der Waals surface area contributed by atoms with Gasteiger partial charge in [-0.25, -0.2) is 4.79 Å². The van der Waals surface area contributed by atoms with Crippen molar-refractivity contribution in [2.45, 2.75) is 26.9 Å². The zero-order chi connectivity index (χ0) is 15.1. The monoisotopic (exact) mass is 339 g/mol. The van der Waals surface area contributed by atoms with Gasteiger partial charge >= 0.3 is 6.03 Å². The molecule has 0 saturated heterocycles. The smallest absolute Gasteiger partial charge is 0.319 e. The van der Waals surface area contributed by atoms with Crippen molar-refractivity contribution < 1.29 is 9.53 Å². The highest BCUT2D eigenvalue weighted by Crippen LogP contribution is 2.28. The highest BCUT2D eigenvalue weighted by molar-refractivity contribution is 9.10. The summed E-state index contributed by atoms with van der Waals surface area (Å²) in [5.41, 5.74) is 0.648. The number of rotatable bonds is 5. The molecule has 20 heavy (non-hydrogen) atoms. The van der Waals surface area contributed by atoms with Crippen LogP contribution in [0.4, 0.5) is 10.5 Å². The van der Waals surface area contributed by atoms with Gasteiger partial charge in [0.2, 0.25) is 0 Å². The van der Waals surface area contributed by atoms with E-state index in [1.165, 1.54) is 0 Å². The molecule has 0 aliphatic heterocycles. The molecule has 5 nitrogen and oxygen atoms in total. The van der Waals surface area contributed by atoms with E-state index in [1.807, 2.05) is 13.8 Å². The summed E-state index contributed by atoms with van der Waals surface area (Å²) in [4.78, 5) is 11.6. The van der Waals surface area contributed by atoms with Crippen molar-refractivity contribution in [3.05, 3.63) is 22.7 Å². The number of carbonyl (C=O) groups excluding carboxylic acids is 1. The van der Waals surface area contributed by atoms with Gasteiger partial charge in [0.25, 0.3) is 0 Å². The van der Waals surface area contributed by atoms with E-state index >= 15 is 0 Å². The van der Waals surface area contributed by atoms with Crippen LogP contribution >= 0.6 is 15.9 Å². The molecule has 2 N–H and O–H groups in total. The Hall–Kier alpha value is -1.74. The number of hydrogen-bond donors (Lipinski definition) is 2. The van der Waals surface area contributed by atoms with Gasteiger partial charge in [-0.15, -0.1) is 0 Å². The zero-order valence-corrected chi connectivity index (χ0v) is 13.3. The summed E-state index contributed by atoms with van der Waals surface area (Å²) in [6.07, 6.45) is 0.0841. The maximum Gasteiger partial charge on any atom is 0.319 e. The molecule has 0 aliphatic carbocycles. The fourth-order valence-electron chi connectivity index (χ4n) is 1.39. The summed E-state index contributed by atoms with van der Waals surface area (Å²) in [6.45, 7) is 5.96. The van der Waals surface area contributed by atoms with E-state index in [-0.39, 0.29) is 18.1 Å². The molecule has 0 bridgehead atoms. The Morgan fingerprint density at radius 2 is 2.15 bits per heavy atom. The highest BCUT2D eigenvalue weighted by Gasteiger charge is 2.08. The number of halogens is 1. The van der Waals surface area contributed by atoms with Crippen molar-refractivity contribution in [1.82, 2.24) is 5.32 Å². The molecule has 0 aromatic heterocycles. The van der Waals surface area contributed by atoms with Crippen molar-refractivity contribution in [2.24, 2.45) is 5.92 Å². The molecular formula is C14H18BrN3O2. The molecule has 6 heteroatoms. The number of carbonyl (C=O) groups is 1. The third kappa shape index (κ3) is 5.49. The minimum absolute atomic E-state index is 0.0841. The Morgan fingerprint density at radius 1 is 1.45 bits per heavy atom. The van der Waals surface area contributed by atoms with E-state index < -0.39 is 0 Å². The van der Waals surface area contributed by atoms with Gasteiger partial charge in [-0.1, -0.05) is 0 Å². The lowest BCUT2D eigenvalue weighted by molar-refractivity contribution is 0.241. The quantitative estimate of drug-likeness (QED) is 0.861. The molecule has 1 atom stereocenters. The van der Waals surface area contributed by atoms with Crippen LogP contribution in [-0.2, 0) is 0 Å². The normalized spacial score (nSPS) is 11.6. The lowest BCUT2D eigenvalue weighted by atomic mass is 10.2. The molecule has 0 unspecified atom stereocenters. The second-order valence-electron chi connectivity index (χ2n) is 4.68. The summed E-state index contributed by atoms with van der Waals surface area (Å²) in [5.74, 6) is 0.512. The summed E-state index contributed by atoms with van der Waals surface area (Å²) in [5, 5.41) is 14.0. The van der Waals surface area contributed by atoms with Gasteiger partial charge < -0.3 is 15.4 Å². The van der Waals surface area contributed by atoms with Crippen molar-refractivity contribution >= 4 is 27.6 Å². The number of hydrogen-bond acceptors (Lipinski definition) is 3. The van der Waals surface area contributed by atoms with Gasteiger partial charge in [0.05, 0.1) is 22.6 Å². The van der Waals surface area contributed by atoms with Crippen LogP contribution in [0, 0.1) is 17.2 Å². The van der Waals surface area contributed by atoms with E-state index in [1.54, 1.807) is 25.1 Å². The Bertz CT molecular complexity index is 512. The first-order chi connectivity index (χ1) is 9.42. The summed E-state index contributed by atoms with van der Waals surface area (Å²) in [7, 11) is 0. The first kappa shape index (κ1) is 16.3. The average molecular weight is 340 g/mol. The first-order valence-corrected chi connectivity index (χ1v) is 7.12. The molecule has 0 aliphatic rings. The third-order valence-electron chi connectivity index (χ3n) is 2.34. The fraction of sp³-hybridized carbons (Fsp3) is 0.429. The molecule has 0 fully saturated rings. The molecule has 0 radical (unpaired) electrons. The Morgan fingerprint density at radius 3 is 2.70 bits per heavy atom. The van der Waals surface area contributed by atoms with E-state index in [4.69, 9.17) is 10.00 Å². The number of anilines is 1. The van der Waals surface area contributed by atoms with E-state index in [2.05, 4.69) is 32.6 Å². The van der Waals surface area contributed by atoms with Gasteiger partial charge in [0, 0.05) is 12.2 Å². The van der Waals surface area contributed by atoms with Crippen LogP contribution in [-0.4, -0.2) is 18.7 Å². The van der Waals surface area contributed by atoms with Crippen LogP contribution in [0.25, 0.3) is 0 Å². The number of nitrogens with one attached hydrogen (secondary N) is 2. The van der Waals surface area contributed by atoms with Crippen molar-refractivity contribution in [3.63, 3.8) is 0 Å². The summed E-state index contributed by atoms with van der Waals surface area (Å²) in [6, 6.07) is 7.03. The second kappa shape index (κ2) is 7.75. The number of urea groups is 1. The van der Waals surface area contributed by atoms with Gasteiger partial charge in [0.1, 0.15) is 5.75 Å². The predicted molar refractivity (Wildman–Crippen MR) is 81.7 cm³/mol. The van der Waals surface area contributed by atoms with Crippen LogP contribution in [0.5, 0.6) is 5.75 Å². The Labute approximate surface area is 127 Å². The second-order valence-corrected chi connectivity index (χ2v) is 5.53. The Kier molecular flexibility index (Phi) is 6.32. The maximum absolute atomic E-state index is 11.6. The minimum atomic E-state index is -0.337. The number of nitrogens with zero attached hydrogens (tertiary/aromatic N) is 1. The van der Waals surface area contributed by atoms with Gasteiger partial charge in [-0.3, -0.25) is 0 Å². The lowest BCUT2D eigenvalue weighted by Crippen LogP contribution is -2.32. The van der Waals surface area contributed by atoms with Crippen LogP contribution < -0.4 is 15.4 Å². The number of nitriles is 1. The number of amides is 2. The molecular weight excluding hydrogens is 322 g/mol. The lowest BCUT2D eigenvalue weighted by Gasteiger charge is -2.13. The molecule has 0 spiro atoms. The van der Waals surface area contributed by atoms with Crippen LogP contribution in [0.3, 0.4) is 0 Å². The largest absolute Gasteiger partial charge is 0.490 e. The van der Waals surface area contributed by atoms with Crippen molar-refractivity contribution in [1.29, 1.82) is 5.26 Å². The van der Waals surface area contributed by atoms with E-state index in [0.717, 1.165) is 10.2 Å². The predicted octanol–water partition coefficient (Wildman–Crippen LogP) is 3.52. The summed E-state index contributed by atoms with van der Waals surface area (Å²) >= 11 is 3.40. The molecule has 1 rings (SSSR count). The van der Waals surface area contributed by atoms with Gasteiger partial charge in [-0.2, -0.15) is 5.26 Å². The Balaban J connectivity index is 2.59. The molecule has 1 aromatic rings. The minimum Gasteiger partial charge on any atom is -0.490 e. The molecule has 0 heterocycles. The van der Waals surface area contributed by atoms with E-state index in [9.17, 15) is 4.79 Å². The fourth-order valence-corrected chi connectivity index (χ4v) is 1.87. The van der Waals surface area contributed by atoms with Crippen molar-refractivity contribution in [3.8, 4) is 11.8 Å². The number of ether oxygens (including phenoxy) is 1. The average Bonchev–Trinajstić information content (AvgIpc) is 2.38. The maximum atomic E-state index is 11.6. The standard InChI is InChI=1S/C14H18BrN3O2/c1-9(2)20-13-5-4-11(6-12(13)15)18-14(19)17-8-10(3)7-16/h4-6,9-10H,8H2,1-3H3,(H2,17,18,19)/t10-/m0/s1. The van der Waals surface area contributed by atoms with Crippen LogP contribution in [0.2, 0.25) is 0 Å². The van der Waals surface area contributed by atoms with Crippen molar-refractivity contribution in [2.75, 3.05) is 11.9 Å². The zero-order valence-electron chi connectivity index (χ0n) is 11.7. The molecule has 1 aromatic carbocycles. The molecule has 108 valence electrons. The SMILES string of the molecule is CC(C)Oc1ccc(NC(=O)NC[C@@H](C)C#N)cc1Br. The van der Waals surface area contributed by atoms with Gasteiger partial charge in [0.15, 0.2) is 0 Å². The van der Waals surface area contributed by atoms with Gasteiger partial charge in [-0.05, 0) is 54.9 Å². The van der Waals surface area contributed by atoms with Crippen LogP contribution in [0.15, 0.2) is 22.7 Å². The molecule has 2 amide bonds. The highest BCUT2D eigenvalue weighted by atomic mass is 79.9.